The van der Waals surface area contributed by atoms with Gasteiger partial charge >= 0.3 is 0 Å². The maximum absolute atomic E-state index is 6.72. The third-order valence-corrected chi connectivity index (χ3v) is 8.28. The van der Waals surface area contributed by atoms with Crippen molar-refractivity contribution in [3.8, 4) is 0 Å². The van der Waals surface area contributed by atoms with Gasteiger partial charge in [-0.2, -0.15) is 0 Å². The minimum absolute atomic E-state index is 0.463. The molecule has 0 aromatic heterocycles. The summed E-state index contributed by atoms with van der Waals surface area (Å²) < 4.78 is 0. The van der Waals surface area contributed by atoms with Crippen LogP contribution in [0.25, 0.3) is 0 Å². The first-order valence-corrected chi connectivity index (χ1v) is 11.5. The minimum atomic E-state index is -0.463. The normalized spacial score (nSPS) is 16.4. The lowest BCUT2D eigenvalue weighted by Gasteiger charge is -2.42. The second-order valence-corrected chi connectivity index (χ2v) is 9.75. The fourth-order valence-electron chi connectivity index (χ4n) is 5.60. The Hall–Kier alpha value is -0.955. The molecule has 1 aliphatic rings. The number of rotatable bonds is 4. The fraction of sp³-hybridized carbons (Fsp3) is 0.500. The highest BCUT2D eigenvalue weighted by Crippen LogP contribution is 2.35. The highest BCUT2D eigenvalue weighted by atomic mass is 35.5. The second kappa shape index (κ2) is 8.82. The Balaban J connectivity index is 2.13. The van der Waals surface area contributed by atoms with E-state index in [-0.39, 0.29) is 0 Å². The molecule has 2 aromatic rings. The Morgan fingerprint density at radius 1 is 0.750 bits per heavy atom. The lowest BCUT2D eigenvalue weighted by Crippen LogP contribution is -2.42. The van der Waals surface area contributed by atoms with Gasteiger partial charge in [-0.1, -0.05) is 64.4 Å². The maximum Gasteiger partial charge on any atom is 0.0466 e. The minimum Gasteiger partial charge on any atom is -0.331 e. The molecule has 0 amide bonds. The summed E-state index contributed by atoms with van der Waals surface area (Å²) in [6.45, 7) is 15.5. The number of hydrogen-bond acceptors (Lipinski definition) is 1. The van der Waals surface area contributed by atoms with E-state index < -0.39 is 7.28 Å². The van der Waals surface area contributed by atoms with Crippen molar-refractivity contribution in [2.75, 3.05) is 13.1 Å². The van der Waals surface area contributed by atoms with Gasteiger partial charge in [0.2, 0.25) is 0 Å². The molecule has 0 N–H and O–H groups in total. The molecular formula is C24H33BCl2N-. The molecule has 0 saturated carbocycles. The molecule has 1 aliphatic heterocycles. The molecule has 2 aromatic carbocycles. The van der Waals surface area contributed by atoms with E-state index >= 15 is 0 Å². The van der Waals surface area contributed by atoms with Gasteiger partial charge in [0.15, 0.2) is 0 Å². The molecule has 1 fully saturated rings. The van der Waals surface area contributed by atoms with Crippen LogP contribution in [0.15, 0.2) is 12.1 Å². The molecule has 1 nitrogen and oxygen atoms in total. The molecule has 1 heterocycles. The SMILES string of the molecule is Cc1cc(C)c([BH2-]C(c2c(C)cc(C)c(Cl)c2C)N2CCCCC2)c(C)c1Cl. The Morgan fingerprint density at radius 2 is 1.29 bits per heavy atom. The zero-order chi connectivity index (χ0) is 20.6. The Labute approximate surface area is 181 Å². The molecule has 1 saturated heterocycles. The molecule has 3 rings (SSSR count). The van der Waals surface area contributed by atoms with Crippen LogP contribution >= 0.6 is 23.2 Å². The van der Waals surface area contributed by atoms with Crippen molar-refractivity contribution in [2.45, 2.75) is 66.7 Å². The van der Waals surface area contributed by atoms with E-state index in [1.807, 2.05) is 0 Å². The van der Waals surface area contributed by atoms with Crippen LogP contribution in [0.5, 0.6) is 0 Å². The van der Waals surface area contributed by atoms with Gasteiger partial charge in [-0.25, -0.2) is 5.46 Å². The van der Waals surface area contributed by atoms with Crippen LogP contribution in [0.2, 0.25) is 10.0 Å². The first-order valence-electron chi connectivity index (χ1n) is 10.8. The molecule has 0 bridgehead atoms. The summed E-state index contributed by atoms with van der Waals surface area (Å²) in [5.74, 6) is 0.467. The van der Waals surface area contributed by atoms with Gasteiger partial charge in [-0.05, 0) is 89.7 Å². The van der Waals surface area contributed by atoms with E-state index in [2.05, 4.69) is 58.6 Å². The van der Waals surface area contributed by atoms with Crippen LogP contribution in [-0.4, -0.2) is 25.3 Å². The molecule has 0 aliphatic carbocycles. The monoisotopic (exact) mass is 416 g/mol. The predicted molar refractivity (Wildman–Crippen MR) is 128 cm³/mol. The second-order valence-electron chi connectivity index (χ2n) is 9.00. The Bertz CT molecular complexity index is 885. The molecule has 1 atom stereocenters. The lowest BCUT2D eigenvalue weighted by atomic mass is 9.56. The summed E-state index contributed by atoms with van der Waals surface area (Å²) in [5, 5.41) is 1.88. The average Bonchev–Trinajstić information content (AvgIpc) is 2.67. The van der Waals surface area contributed by atoms with Crippen LogP contribution in [0.4, 0.5) is 0 Å². The smallest absolute Gasteiger partial charge is 0.0466 e. The third-order valence-electron chi connectivity index (χ3n) is 7.12. The summed E-state index contributed by atoms with van der Waals surface area (Å²) in [6.07, 6.45) is 3.95. The maximum atomic E-state index is 6.72. The first kappa shape index (κ1) is 21.7. The van der Waals surface area contributed by atoms with Crippen molar-refractivity contribution < 1.29 is 0 Å². The van der Waals surface area contributed by atoms with Crippen LogP contribution < -0.4 is 5.46 Å². The van der Waals surface area contributed by atoms with Crippen molar-refractivity contribution in [1.82, 2.24) is 4.90 Å². The van der Waals surface area contributed by atoms with Crippen molar-refractivity contribution in [1.29, 1.82) is 0 Å². The molecular weight excluding hydrogens is 384 g/mol. The summed E-state index contributed by atoms with van der Waals surface area (Å²) in [4.78, 5) is 2.73. The number of nitrogens with zero attached hydrogens (tertiary/aromatic N) is 1. The molecule has 152 valence electrons. The van der Waals surface area contributed by atoms with Gasteiger partial charge in [0.05, 0.1) is 0 Å². The third kappa shape index (κ3) is 4.15. The number of likely N-dealkylation sites (tertiary alicyclic amines) is 1. The van der Waals surface area contributed by atoms with Crippen molar-refractivity contribution >= 4 is 35.9 Å². The zero-order valence-corrected chi connectivity index (χ0v) is 20.0. The highest BCUT2D eigenvalue weighted by Gasteiger charge is 2.24. The summed E-state index contributed by atoms with van der Waals surface area (Å²) >= 11 is 13.4. The lowest BCUT2D eigenvalue weighted by molar-refractivity contribution is 0.208. The first-order chi connectivity index (χ1) is 13.2. The fourth-order valence-corrected chi connectivity index (χ4v) is 5.96. The van der Waals surface area contributed by atoms with E-state index in [0.717, 1.165) is 10.0 Å². The standard InChI is InChI=1S/C24H33BCl2N/c1-14-12-16(3)22(26)18(5)20(14)24(28-10-8-7-9-11-28)25-21-15(2)13-17(4)23(27)19(21)6/h12-13,24H,7-11,25H2,1-6H3/q-1. The van der Waals surface area contributed by atoms with Gasteiger partial charge in [-0.15, -0.1) is 0 Å². The van der Waals surface area contributed by atoms with Crippen molar-refractivity contribution in [3.05, 3.63) is 61.1 Å². The van der Waals surface area contributed by atoms with E-state index in [4.69, 9.17) is 23.2 Å². The highest BCUT2D eigenvalue weighted by molar-refractivity contribution is 6.57. The molecule has 28 heavy (non-hydrogen) atoms. The Kier molecular flexibility index (Phi) is 6.85. The van der Waals surface area contributed by atoms with Crippen molar-refractivity contribution in [2.24, 2.45) is 0 Å². The van der Waals surface area contributed by atoms with Gasteiger partial charge in [0.25, 0.3) is 0 Å². The zero-order valence-electron chi connectivity index (χ0n) is 18.5. The molecule has 1 unspecified atom stereocenters. The van der Waals surface area contributed by atoms with Crippen LogP contribution in [0.1, 0.15) is 64.1 Å². The van der Waals surface area contributed by atoms with E-state index in [1.165, 1.54) is 76.8 Å². The number of halogens is 2. The topological polar surface area (TPSA) is 3.24 Å². The van der Waals surface area contributed by atoms with Crippen LogP contribution in [0, 0.1) is 41.5 Å². The predicted octanol–water partition coefficient (Wildman–Crippen LogP) is 5.82. The van der Waals surface area contributed by atoms with E-state index in [0.29, 0.717) is 5.94 Å². The van der Waals surface area contributed by atoms with Crippen molar-refractivity contribution in [3.63, 3.8) is 0 Å². The average molecular weight is 417 g/mol. The van der Waals surface area contributed by atoms with Crippen LogP contribution in [-0.2, 0) is 0 Å². The largest absolute Gasteiger partial charge is 0.331 e. The van der Waals surface area contributed by atoms with Gasteiger partial charge in [0, 0.05) is 17.3 Å². The number of aryl methyl sites for hydroxylation is 4. The summed E-state index contributed by atoms with van der Waals surface area (Å²) in [5.41, 5.74) is 10.7. The van der Waals surface area contributed by atoms with Gasteiger partial charge in [0.1, 0.15) is 0 Å². The molecule has 4 heteroatoms. The van der Waals surface area contributed by atoms with E-state index in [9.17, 15) is 0 Å². The summed E-state index contributed by atoms with van der Waals surface area (Å²) in [7, 11) is -0.463. The van der Waals surface area contributed by atoms with Gasteiger partial charge < -0.3 is 4.90 Å². The quantitative estimate of drug-likeness (QED) is 0.567. The number of piperidine rings is 1. The van der Waals surface area contributed by atoms with Gasteiger partial charge in [-0.3, -0.25) is 0 Å². The number of benzene rings is 2. The molecule has 0 radical (unpaired) electrons. The van der Waals surface area contributed by atoms with E-state index in [1.54, 1.807) is 0 Å². The summed E-state index contributed by atoms with van der Waals surface area (Å²) in [6, 6.07) is 4.54. The molecule has 0 spiro atoms. The van der Waals surface area contributed by atoms with Crippen LogP contribution in [0.3, 0.4) is 0 Å². The number of hydrogen-bond donors (Lipinski definition) is 0. The Morgan fingerprint density at radius 3 is 1.89 bits per heavy atom.